The number of ether oxygens (including phenoxy) is 1. The maximum atomic E-state index is 12.5. The van der Waals surface area contributed by atoms with Gasteiger partial charge in [0.15, 0.2) is 0 Å². The summed E-state index contributed by atoms with van der Waals surface area (Å²) >= 11 is 0. The topological polar surface area (TPSA) is 41.6 Å². The number of nitrogens with one attached hydrogen (secondary N) is 1. The van der Waals surface area contributed by atoms with E-state index < -0.39 is 0 Å². The van der Waals surface area contributed by atoms with Gasteiger partial charge < -0.3 is 15.0 Å². The first kappa shape index (κ1) is 15.8. The third-order valence-corrected chi connectivity index (χ3v) is 4.41. The summed E-state index contributed by atoms with van der Waals surface area (Å²) in [5.74, 6) is 0.291. The van der Waals surface area contributed by atoms with Crippen LogP contribution in [0.15, 0.2) is 0 Å². The highest BCUT2D eigenvalue weighted by molar-refractivity contribution is 5.76. The summed E-state index contributed by atoms with van der Waals surface area (Å²) in [5.41, 5.74) is 0. The molecule has 2 aliphatic heterocycles. The molecule has 0 aromatic heterocycles. The Morgan fingerprint density at radius 3 is 2.85 bits per heavy atom. The lowest BCUT2D eigenvalue weighted by molar-refractivity contribution is -0.135. The summed E-state index contributed by atoms with van der Waals surface area (Å²) in [4.78, 5) is 14.6. The van der Waals surface area contributed by atoms with Gasteiger partial charge in [-0.25, -0.2) is 0 Å². The molecular weight excluding hydrogens is 252 g/mol. The molecule has 0 radical (unpaired) electrons. The Balaban J connectivity index is 1.81. The molecule has 2 rings (SSSR count). The molecule has 2 aliphatic rings. The number of hydrogen-bond donors (Lipinski definition) is 1. The molecule has 20 heavy (non-hydrogen) atoms. The Bertz CT molecular complexity index is 284. The zero-order chi connectivity index (χ0) is 14.2. The van der Waals surface area contributed by atoms with Crippen LogP contribution in [0.5, 0.6) is 0 Å². The molecule has 4 heteroatoms. The largest absolute Gasteiger partial charge is 0.378 e. The quantitative estimate of drug-likeness (QED) is 0.779. The van der Waals surface area contributed by atoms with Crippen molar-refractivity contribution in [3.05, 3.63) is 0 Å². The van der Waals surface area contributed by atoms with E-state index in [0.29, 0.717) is 18.4 Å². The van der Waals surface area contributed by atoms with E-state index in [1.54, 1.807) is 0 Å². The van der Waals surface area contributed by atoms with Gasteiger partial charge in [0.2, 0.25) is 5.91 Å². The van der Waals surface area contributed by atoms with Crippen LogP contribution >= 0.6 is 0 Å². The van der Waals surface area contributed by atoms with Crippen LogP contribution in [0.25, 0.3) is 0 Å². The highest BCUT2D eigenvalue weighted by Gasteiger charge is 2.24. The van der Waals surface area contributed by atoms with Crippen LogP contribution in [0, 0.1) is 0 Å². The number of carbonyl (C=O) groups excluding carboxylic acids is 1. The first-order valence-corrected chi connectivity index (χ1v) is 8.42. The third kappa shape index (κ3) is 5.06. The van der Waals surface area contributed by atoms with Gasteiger partial charge in [-0.05, 0) is 45.1 Å². The average molecular weight is 282 g/mol. The predicted molar refractivity (Wildman–Crippen MR) is 80.7 cm³/mol. The minimum atomic E-state index is 0.164. The first-order chi connectivity index (χ1) is 9.79. The van der Waals surface area contributed by atoms with Gasteiger partial charge in [-0.1, -0.05) is 13.3 Å². The van der Waals surface area contributed by atoms with Crippen LogP contribution in [-0.4, -0.2) is 49.2 Å². The van der Waals surface area contributed by atoms with Crippen molar-refractivity contribution >= 4 is 5.91 Å². The lowest BCUT2D eigenvalue weighted by Crippen LogP contribution is -2.43. The fourth-order valence-corrected chi connectivity index (χ4v) is 3.14. The van der Waals surface area contributed by atoms with Gasteiger partial charge in [0.05, 0.1) is 12.5 Å². The maximum absolute atomic E-state index is 12.5. The Morgan fingerprint density at radius 1 is 1.30 bits per heavy atom. The van der Waals surface area contributed by atoms with Crippen molar-refractivity contribution in [3.8, 4) is 0 Å². The van der Waals surface area contributed by atoms with Gasteiger partial charge in [-0.15, -0.1) is 0 Å². The van der Waals surface area contributed by atoms with E-state index in [1.807, 2.05) is 0 Å². The fourth-order valence-electron chi connectivity index (χ4n) is 3.14. The molecule has 116 valence electrons. The number of unbranched alkanes of at least 4 members (excludes halogenated alkanes) is 1. The minimum absolute atomic E-state index is 0.164. The Hall–Kier alpha value is -0.610. The lowest BCUT2D eigenvalue weighted by Gasteiger charge is -2.29. The summed E-state index contributed by atoms with van der Waals surface area (Å²) in [5, 5.41) is 3.50. The summed E-state index contributed by atoms with van der Waals surface area (Å²) in [6.07, 6.45) is 8.84. The van der Waals surface area contributed by atoms with E-state index >= 15 is 0 Å². The Morgan fingerprint density at radius 2 is 2.20 bits per heavy atom. The van der Waals surface area contributed by atoms with Crippen molar-refractivity contribution in [2.24, 2.45) is 0 Å². The second kappa shape index (κ2) is 8.63. The van der Waals surface area contributed by atoms with Gasteiger partial charge in [-0.3, -0.25) is 4.79 Å². The van der Waals surface area contributed by atoms with Crippen LogP contribution in [0.3, 0.4) is 0 Å². The lowest BCUT2D eigenvalue weighted by atomic mass is 10.1. The Labute approximate surface area is 123 Å². The van der Waals surface area contributed by atoms with E-state index in [0.717, 1.165) is 51.9 Å². The molecule has 1 amide bonds. The van der Waals surface area contributed by atoms with Crippen molar-refractivity contribution in [1.29, 1.82) is 0 Å². The van der Waals surface area contributed by atoms with Crippen LogP contribution < -0.4 is 5.32 Å². The summed E-state index contributed by atoms with van der Waals surface area (Å²) in [6, 6.07) is 0.503. The van der Waals surface area contributed by atoms with Crippen molar-refractivity contribution in [2.45, 2.75) is 70.4 Å². The number of rotatable bonds is 7. The van der Waals surface area contributed by atoms with Crippen molar-refractivity contribution in [1.82, 2.24) is 10.2 Å². The zero-order valence-corrected chi connectivity index (χ0v) is 12.9. The van der Waals surface area contributed by atoms with Crippen LogP contribution in [0.4, 0.5) is 0 Å². The van der Waals surface area contributed by atoms with Crippen molar-refractivity contribution < 1.29 is 9.53 Å². The summed E-state index contributed by atoms with van der Waals surface area (Å²) in [6.45, 7) is 5.90. The standard InChI is InChI=1S/C16H30N2O2/c1-2-3-10-18(13-14-7-6-9-17-14)16(19)12-15-8-4-5-11-20-15/h14-15,17H,2-13H2,1H3. The fraction of sp³-hybridized carbons (Fsp3) is 0.938. The van der Waals surface area contributed by atoms with Crippen molar-refractivity contribution in [2.75, 3.05) is 26.2 Å². The molecule has 0 spiro atoms. The minimum Gasteiger partial charge on any atom is -0.378 e. The highest BCUT2D eigenvalue weighted by Crippen LogP contribution is 2.17. The SMILES string of the molecule is CCCCN(CC1CCCN1)C(=O)CC1CCCCO1. The number of carbonyl (C=O) groups is 1. The van der Waals surface area contributed by atoms with Crippen LogP contribution in [0.1, 0.15) is 58.3 Å². The maximum Gasteiger partial charge on any atom is 0.225 e. The molecule has 2 heterocycles. The van der Waals surface area contributed by atoms with E-state index in [4.69, 9.17) is 4.74 Å². The Kier molecular flexibility index (Phi) is 6.80. The number of nitrogens with zero attached hydrogens (tertiary/aromatic N) is 1. The second-order valence-corrected chi connectivity index (χ2v) is 6.18. The first-order valence-electron chi connectivity index (χ1n) is 8.42. The van der Waals surface area contributed by atoms with Crippen LogP contribution in [-0.2, 0) is 9.53 Å². The molecule has 2 atom stereocenters. The highest BCUT2D eigenvalue weighted by atomic mass is 16.5. The zero-order valence-electron chi connectivity index (χ0n) is 12.9. The normalized spacial score (nSPS) is 26.6. The molecular formula is C16H30N2O2. The number of hydrogen-bond acceptors (Lipinski definition) is 3. The van der Waals surface area contributed by atoms with Gasteiger partial charge in [-0.2, -0.15) is 0 Å². The molecule has 4 nitrogen and oxygen atoms in total. The van der Waals surface area contributed by atoms with E-state index in [9.17, 15) is 4.79 Å². The predicted octanol–water partition coefficient (Wildman–Crippen LogP) is 2.33. The van der Waals surface area contributed by atoms with E-state index in [-0.39, 0.29) is 6.10 Å². The molecule has 0 aromatic rings. The molecule has 2 fully saturated rings. The smallest absolute Gasteiger partial charge is 0.225 e. The van der Waals surface area contributed by atoms with Crippen molar-refractivity contribution in [3.63, 3.8) is 0 Å². The van der Waals surface area contributed by atoms with Gasteiger partial charge in [0.1, 0.15) is 0 Å². The molecule has 1 N–H and O–H groups in total. The summed E-state index contributed by atoms with van der Waals surface area (Å²) < 4.78 is 5.71. The molecule has 0 saturated carbocycles. The van der Waals surface area contributed by atoms with Gasteiger partial charge in [0.25, 0.3) is 0 Å². The van der Waals surface area contributed by atoms with Crippen LogP contribution in [0.2, 0.25) is 0 Å². The van der Waals surface area contributed by atoms with E-state index in [2.05, 4.69) is 17.1 Å². The molecule has 0 aromatic carbocycles. The number of amides is 1. The molecule has 0 bridgehead atoms. The third-order valence-electron chi connectivity index (χ3n) is 4.41. The summed E-state index contributed by atoms with van der Waals surface area (Å²) in [7, 11) is 0. The molecule has 2 unspecified atom stereocenters. The molecule has 0 aliphatic carbocycles. The monoisotopic (exact) mass is 282 g/mol. The van der Waals surface area contributed by atoms with Gasteiger partial charge in [0, 0.05) is 25.7 Å². The molecule has 2 saturated heterocycles. The van der Waals surface area contributed by atoms with Gasteiger partial charge >= 0.3 is 0 Å². The average Bonchev–Trinajstić information content (AvgIpc) is 2.97. The van der Waals surface area contributed by atoms with E-state index in [1.165, 1.54) is 19.3 Å². The second-order valence-electron chi connectivity index (χ2n) is 6.18.